The van der Waals surface area contributed by atoms with Crippen LogP contribution < -0.4 is 10.1 Å². The van der Waals surface area contributed by atoms with Gasteiger partial charge in [0.05, 0.1) is 19.3 Å². The Morgan fingerprint density at radius 1 is 1.52 bits per heavy atom. The molecule has 0 saturated heterocycles. The van der Waals surface area contributed by atoms with Crippen molar-refractivity contribution in [2.75, 3.05) is 27.2 Å². The number of guanidine groups is 1. The maximum atomic E-state index is 5.13. The predicted octanol–water partition coefficient (Wildman–Crippen LogP) is 2.45. The summed E-state index contributed by atoms with van der Waals surface area (Å²) in [4.78, 5) is 11.1. The molecule has 0 atom stereocenters. The van der Waals surface area contributed by atoms with Crippen molar-refractivity contribution in [1.29, 1.82) is 0 Å². The third kappa shape index (κ3) is 6.29. The van der Waals surface area contributed by atoms with Crippen molar-refractivity contribution in [1.82, 2.24) is 15.2 Å². The molecule has 1 rings (SSSR count). The number of hydrogen-bond acceptors (Lipinski definition) is 3. The molecule has 0 amide bonds. The van der Waals surface area contributed by atoms with Gasteiger partial charge >= 0.3 is 0 Å². The quantitative estimate of drug-likeness (QED) is 0.346. The van der Waals surface area contributed by atoms with Crippen LogP contribution in [0.4, 0.5) is 0 Å². The molecule has 0 aliphatic heterocycles. The van der Waals surface area contributed by atoms with E-state index in [1.165, 1.54) is 0 Å². The van der Waals surface area contributed by atoms with Gasteiger partial charge in [0, 0.05) is 26.2 Å². The molecule has 0 saturated carbocycles. The van der Waals surface area contributed by atoms with Gasteiger partial charge in [-0.3, -0.25) is 0 Å². The number of nitrogens with zero attached hydrogens (tertiary/aromatic N) is 3. The van der Waals surface area contributed by atoms with Gasteiger partial charge in [0.15, 0.2) is 5.96 Å². The van der Waals surface area contributed by atoms with Crippen molar-refractivity contribution in [2.24, 2.45) is 4.99 Å². The molecule has 5 nitrogen and oxygen atoms in total. The van der Waals surface area contributed by atoms with Crippen LogP contribution in [-0.2, 0) is 6.54 Å². The van der Waals surface area contributed by atoms with E-state index in [4.69, 9.17) is 4.74 Å². The standard InChI is InChI=1S/C16H26N4O/c1-5-7-8-12-20(3)16(17-6-2)18-13-14-10-9-11-15(19-14)21-4/h5,9-11H,1,6-8,12-13H2,2-4H3,(H,17,18). The molecule has 5 heteroatoms. The molecular formula is C16H26N4O. The van der Waals surface area contributed by atoms with Crippen molar-refractivity contribution >= 4 is 5.96 Å². The molecule has 21 heavy (non-hydrogen) atoms. The lowest BCUT2D eigenvalue weighted by molar-refractivity contribution is 0.396. The number of aromatic nitrogens is 1. The topological polar surface area (TPSA) is 49.8 Å². The zero-order chi connectivity index (χ0) is 15.5. The van der Waals surface area contributed by atoms with Crippen LogP contribution in [0, 0.1) is 0 Å². The summed E-state index contributed by atoms with van der Waals surface area (Å²) in [5, 5.41) is 3.30. The van der Waals surface area contributed by atoms with E-state index >= 15 is 0 Å². The number of aliphatic imine (C=N–C) groups is 1. The SMILES string of the molecule is C=CCCCN(C)C(=NCc1cccc(OC)n1)NCC. The van der Waals surface area contributed by atoms with E-state index in [1.807, 2.05) is 31.3 Å². The number of nitrogens with one attached hydrogen (secondary N) is 1. The van der Waals surface area contributed by atoms with Gasteiger partial charge in [0.25, 0.3) is 0 Å². The fourth-order valence-corrected chi connectivity index (χ4v) is 1.86. The molecule has 0 aliphatic rings. The molecule has 0 spiro atoms. The number of allylic oxidation sites excluding steroid dienone is 1. The Kier molecular flexibility index (Phi) is 7.94. The first-order valence-electron chi connectivity index (χ1n) is 7.31. The highest BCUT2D eigenvalue weighted by molar-refractivity contribution is 5.79. The van der Waals surface area contributed by atoms with Crippen LogP contribution in [0.2, 0.25) is 0 Å². The summed E-state index contributed by atoms with van der Waals surface area (Å²) >= 11 is 0. The Morgan fingerprint density at radius 2 is 2.33 bits per heavy atom. The van der Waals surface area contributed by atoms with Gasteiger partial charge in [-0.2, -0.15) is 0 Å². The number of pyridine rings is 1. The highest BCUT2D eigenvalue weighted by Gasteiger charge is 2.05. The summed E-state index contributed by atoms with van der Waals surface area (Å²) in [5.41, 5.74) is 0.893. The Hall–Kier alpha value is -2.04. The number of rotatable bonds is 8. The predicted molar refractivity (Wildman–Crippen MR) is 87.7 cm³/mol. The van der Waals surface area contributed by atoms with E-state index in [0.717, 1.165) is 37.6 Å². The molecule has 1 aromatic heterocycles. The van der Waals surface area contributed by atoms with Crippen molar-refractivity contribution in [3.05, 3.63) is 36.5 Å². The number of ether oxygens (including phenoxy) is 1. The lowest BCUT2D eigenvalue weighted by atomic mass is 10.3. The molecular weight excluding hydrogens is 264 g/mol. The van der Waals surface area contributed by atoms with Crippen LogP contribution in [0.1, 0.15) is 25.5 Å². The highest BCUT2D eigenvalue weighted by atomic mass is 16.5. The minimum absolute atomic E-state index is 0.533. The van der Waals surface area contributed by atoms with Gasteiger partial charge in [-0.25, -0.2) is 9.98 Å². The molecule has 0 aliphatic carbocycles. The number of unbranched alkanes of at least 4 members (excludes halogenated alkanes) is 1. The van der Waals surface area contributed by atoms with Crippen LogP contribution in [-0.4, -0.2) is 43.1 Å². The van der Waals surface area contributed by atoms with Crippen LogP contribution >= 0.6 is 0 Å². The normalized spacial score (nSPS) is 11.1. The van der Waals surface area contributed by atoms with Crippen LogP contribution in [0.25, 0.3) is 0 Å². The first kappa shape index (κ1) is 17.0. The Bertz CT molecular complexity index is 459. The van der Waals surface area contributed by atoms with E-state index in [-0.39, 0.29) is 0 Å². The third-order valence-electron chi connectivity index (χ3n) is 2.98. The van der Waals surface area contributed by atoms with Gasteiger partial charge in [0.1, 0.15) is 0 Å². The smallest absolute Gasteiger partial charge is 0.213 e. The van der Waals surface area contributed by atoms with Crippen molar-refractivity contribution in [3.63, 3.8) is 0 Å². The van der Waals surface area contributed by atoms with E-state index < -0.39 is 0 Å². The molecule has 0 unspecified atom stereocenters. The summed E-state index contributed by atoms with van der Waals surface area (Å²) in [6.07, 6.45) is 4.03. The fourth-order valence-electron chi connectivity index (χ4n) is 1.86. The van der Waals surface area contributed by atoms with E-state index in [1.54, 1.807) is 7.11 Å². The van der Waals surface area contributed by atoms with Gasteiger partial charge in [-0.05, 0) is 25.8 Å². The van der Waals surface area contributed by atoms with Crippen LogP contribution in [0.5, 0.6) is 5.88 Å². The van der Waals surface area contributed by atoms with Crippen molar-refractivity contribution in [3.8, 4) is 5.88 Å². The second kappa shape index (κ2) is 9.80. The zero-order valence-electron chi connectivity index (χ0n) is 13.3. The van der Waals surface area contributed by atoms with Crippen LogP contribution in [0.3, 0.4) is 0 Å². The average Bonchev–Trinajstić information content (AvgIpc) is 2.51. The van der Waals surface area contributed by atoms with Crippen molar-refractivity contribution < 1.29 is 4.74 Å². The number of methoxy groups -OCH3 is 1. The molecule has 1 heterocycles. The minimum atomic E-state index is 0.533. The monoisotopic (exact) mass is 290 g/mol. The van der Waals surface area contributed by atoms with Gasteiger partial charge in [0.2, 0.25) is 5.88 Å². The lowest BCUT2D eigenvalue weighted by Crippen LogP contribution is -2.39. The second-order valence-corrected chi connectivity index (χ2v) is 4.69. The molecule has 0 radical (unpaired) electrons. The first-order chi connectivity index (χ1) is 10.2. The maximum Gasteiger partial charge on any atom is 0.213 e. The Balaban J connectivity index is 2.67. The minimum Gasteiger partial charge on any atom is -0.481 e. The Labute approximate surface area is 127 Å². The average molecular weight is 290 g/mol. The highest BCUT2D eigenvalue weighted by Crippen LogP contribution is 2.07. The molecule has 0 aromatic carbocycles. The molecule has 116 valence electrons. The molecule has 0 bridgehead atoms. The van der Waals surface area contributed by atoms with E-state index in [0.29, 0.717) is 12.4 Å². The lowest BCUT2D eigenvalue weighted by Gasteiger charge is -2.21. The fraction of sp³-hybridized carbons (Fsp3) is 0.500. The van der Waals surface area contributed by atoms with E-state index in [9.17, 15) is 0 Å². The summed E-state index contributed by atoms with van der Waals surface area (Å²) in [5.74, 6) is 1.51. The maximum absolute atomic E-state index is 5.13. The molecule has 0 fully saturated rings. The third-order valence-corrected chi connectivity index (χ3v) is 2.98. The van der Waals surface area contributed by atoms with Crippen molar-refractivity contribution in [2.45, 2.75) is 26.3 Å². The summed E-state index contributed by atoms with van der Waals surface area (Å²) in [6.45, 7) is 8.14. The molecule has 1 N–H and O–H groups in total. The summed E-state index contributed by atoms with van der Waals surface area (Å²) < 4.78 is 5.13. The zero-order valence-corrected chi connectivity index (χ0v) is 13.3. The van der Waals surface area contributed by atoms with Gasteiger partial charge in [-0.15, -0.1) is 6.58 Å². The first-order valence-corrected chi connectivity index (χ1v) is 7.31. The summed E-state index contributed by atoms with van der Waals surface area (Å²) in [6, 6.07) is 5.71. The van der Waals surface area contributed by atoms with Gasteiger partial charge < -0.3 is 15.0 Å². The summed E-state index contributed by atoms with van der Waals surface area (Å²) in [7, 11) is 3.66. The second-order valence-electron chi connectivity index (χ2n) is 4.69. The van der Waals surface area contributed by atoms with Gasteiger partial charge in [-0.1, -0.05) is 12.1 Å². The number of hydrogen-bond donors (Lipinski definition) is 1. The Morgan fingerprint density at radius 3 is 3.00 bits per heavy atom. The largest absolute Gasteiger partial charge is 0.481 e. The van der Waals surface area contributed by atoms with E-state index in [2.05, 4.69) is 33.7 Å². The molecule has 1 aromatic rings. The van der Waals surface area contributed by atoms with Crippen LogP contribution in [0.15, 0.2) is 35.8 Å².